The number of rotatable bonds is 5. The van der Waals surface area contributed by atoms with Crippen LogP contribution in [0.25, 0.3) is 0 Å². The molecule has 4 heteroatoms. The third-order valence-corrected chi connectivity index (χ3v) is 5.80. The van der Waals surface area contributed by atoms with Crippen molar-refractivity contribution in [1.82, 2.24) is 4.90 Å². The third kappa shape index (κ3) is 3.50. The lowest BCUT2D eigenvalue weighted by atomic mass is 9.80. The van der Waals surface area contributed by atoms with Crippen molar-refractivity contribution in [1.29, 1.82) is 0 Å². The van der Waals surface area contributed by atoms with E-state index in [-0.39, 0.29) is 12.0 Å². The summed E-state index contributed by atoms with van der Waals surface area (Å²) in [5.74, 6) is -0.518. The predicted molar refractivity (Wildman–Crippen MR) is 93.5 cm³/mol. The van der Waals surface area contributed by atoms with Crippen molar-refractivity contribution in [2.24, 2.45) is 5.92 Å². The minimum absolute atomic E-state index is 0.0449. The number of carbonyl (C=O) groups is 1. The van der Waals surface area contributed by atoms with Crippen molar-refractivity contribution in [3.05, 3.63) is 35.9 Å². The highest BCUT2D eigenvalue weighted by Gasteiger charge is 2.48. The Balaban J connectivity index is 1.74. The van der Waals surface area contributed by atoms with Gasteiger partial charge in [-0.25, -0.2) is 4.79 Å². The number of hydrogen-bond acceptors (Lipinski definition) is 4. The number of esters is 1. The van der Waals surface area contributed by atoms with Gasteiger partial charge in [-0.15, -0.1) is 0 Å². The molecule has 2 fully saturated rings. The first-order chi connectivity index (χ1) is 11.6. The van der Waals surface area contributed by atoms with Gasteiger partial charge in [-0.3, -0.25) is 0 Å². The van der Waals surface area contributed by atoms with Gasteiger partial charge in [0.2, 0.25) is 0 Å². The zero-order valence-electron chi connectivity index (χ0n) is 14.6. The molecule has 132 valence electrons. The van der Waals surface area contributed by atoms with Crippen molar-refractivity contribution in [3.8, 4) is 0 Å². The maximum absolute atomic E-state index is 12.9. The molecule has 1 aliphatic heterocycles. The number of carbonyl (C=O) groups excluding carboxylic acids is 1. The highest BCUT2D eigenvalue weighted by molar-refractivity contribution is 5.81. The Bertz CT molecular complexity index is 541. The monoisotopic (exact) mass is 331 g/mol. The van der Waals surface area contributed by atoms with Crippen LogP contribution < -0.4 is 0 Å². The molecule has 1 aliphatic carbocycles. The summed E-state index contributed by atoms with van der Waals surface area (Å²) in [5.41, 5.74) is -0.843. The van der Waals surface area contributed by atoms with Gasteiger partial charge in [-0.2, -0.15) is 0 Å². The zero-order valence-corrected chi connectivity index (χ0v) is 14.6. The van der Waals surface area contributed by atoms with Crippen LogP contribution in [0.5, 0.6) is 0 Å². The van der Waals surface area contributed by atoms with Crippen LogP contribution >= 0.6 is 0 Å². The summed E-state index contributed by atoms with van der Waals surface area (Å²) in [5, 5.41) is 11.4. The van der Waals surface area contributed by atoms with Crippen LogP contribution in [0.2, 0.25) is 0 Å². The number of aliphatic hydroxyl groups is 1. The minimum Gasteiger partial charge on any atom is -0.462 e. The summed E-state index contributed by atoms with van der Waals surface area (Å²) >= 11 is 0. The van der Waals surface area contributed by atoms with Gasteiger partial charge >= 0.3 is 5.97 Å². The van der Waals surface area contributed by atoms with E-state index in [2.05, 4.69) is 11.9 Å². The third-order valence-electron chi connectivity index (χ3n) is 5.80. The Hall–Kier alpha value is -1.39. The quantitative estimate of drug-likeness (QED) is 0.843. The molecular weight excluding hydrogens is 302 g/mol. The SMILES string of the molecule is CN1CCCCC1COC(=O)C(O)(c1ccccc1)C1CCCC1. The number of piperidine rings is 1. The van der Waals surface area contributed by atoms with Gasteiger partial charge in [0.25, 0.3) is 0 Å². The second-order valence-corrected chi connectivity index (χ2v) is 7.34. The van der Waals surface area contributed by atoms with Crippen molar-refractivity contribution < 1.29 is 14.6 Å². The number of hydrogen-bond donors (Lipinski definition) is 1. The average molecular weight is 331 g/mol. The fourth-order valence-corrected chi connectivity index (χ4v) is 4.19. The molecule has 1 aromatic carbocycles. The smallest absolute Gasteiger partial charge is 0.343 e. The maximum atomic E-state index is 12.9. The fraction of sp³-hybridized carbons (Fsp3) is 0.650. The Morgan fingerprint density at radius 3 is 2.50 bits per heavy atom. The molecule has 1 aromatic rings. The van der Waals surface area contributed by atoms with Crippen LogP contribution in [-0.4, -0.2) is 42.2 Å². The predicted octanol–water partition coefficient (Wildman–Crippen LogP) is 3.09. The highest BCUT2D eigenvalue weighted by atomic mass is 16.6. The van der Waals surface area contributed by atoms with E-state index in [1.807, 2.05) is 30.3 Å². The lowest BCUT2D eigenvalue weighted by molar-refractivity contribution is -0.175. The molecular formula is C20H29NO3. The maximum Gasteiger partial charge on any atom is 0.343 e. The first-order valence-corrected chi connectivity index (χ1v) is 9.27. The molecule has 0 spiro atoms. The molecule has 2 atom stereocenters. The van der Waals surface area contributed by atoms with Gasteiger partial charge < -0.3 is 14.7 Å². The van der Waals surface area contributed by atoms with Gasteiger partial charge in [0.1, 0.15) is 6.61 Å². The lowest BCUT2D eigenvalue weighted by Crippen LogP contribution is -2.46. The Morgan fingerprint density at radius 2 is 1.83 bits per heavy atom. The van der Waals surface area contributed by atoms with Crippen LogP contribution in [0.3, 0.4) is 0 Å². The largest absolute Gasteiger partial charge is 0.462 e. The number of likely N-dealkylation sites (N-methyl/N-ethyl adjacent to an activating group) is 1. The second kappa shape index (κ2) is 7.66. The molecule has 1 saturated carbocycles. The Labute approximate surface area is 144 Å². The van der Waals surface area contributed by atoms with E-state index in [1.165, 1.54) is 12.8 Å². The van der Waals surface area contributed by atoms with E-state index < -0.39 is 11.6 Å². The normalized spacial score (nSPS) is 25.3. The van der Waals surface area contributed by atoms with E-state index in [1.54, 1.807) is 0 Å². The van der Waals surface area contributed by atoms with Crippen LogP contribution in [0, 0.1) is 5.92 Å². The number of nitrogens with zero attached hydrogens (tertiary/aromatic N) is 1. The highest BCUT2D eigenvalue weighted by Crippen LogP contribution is 2.41. The van der Waals surface area contributed by atoms with Gasteiger partial charge in [-0.05, 0) is 44.8 Å². The van der Waals surface area contributed by atoms with Crippen molar-refractivity contribution in [2.45, 2.75) is 56.6 Å². The molecule has 1 saturated heterocycles. The molecule has 1 N–H and O–H groups in total. The number of benzene rings is 1. The van der Waals surface area contributed by atoms with Crippen LogP contribution in [0.15, 0.2) is 30.3 Å². The van der Waals surface area contributed by atoms with Crippen molar-refractivity contribution in [2.75, 3.05) is 20.2 Å². The molecule has 0 bridgehead atoms. The average Bonchev–Trinajstić information content (AvgIpc) is 3.16. The zero-order chi connectivity index (χ0) is 17.0. The fourth-order valence-electron chi connectivity index (χ4n) is 4.19. The van der Waals surface area contributed by atoms with Crippen LogP contribution in [-0.2, 0) is 15.1 Å². The summed E-state index contributed by atoms with van der Waals surface area (Å²) in [6.07, 6.45) is 7.33. The lowest BCUT2D eigenvalue weighted by Gasteiger charge is -2.35. The molecule has 4 nitrogen and oxygen atoms in total. The van der Waals surface area contributed by atoms with Gasteiger partial charge in [0.05, 0.1) is 0 Å². The first-order valence-electron chi connectivity index (χ1n) is 9.27. The molecule has 0 aromatic heterocycles. The number of ether oxygens (including phenoxy) is 1. The van der Waals surface area contributed by atoms with E-state index in [9.17, 15) is 9.90 Å². The number of likely N-dealkylation sites (tertiary alicyclic amines) is 1. The van der Waals surface area contributed by atoms with Crippen molar-refractivity contribution >= 4 is 5.97 Å². The molecule has 2 unspecified atom stereocenters. The minimum atomic E-state index is -1.51. The summed E-state index contributed by atoms with van der Waals surface area (Å²) in [6, 6.07) is 9.60. The summed E-state index contributed by atoms with van der Waals surface area (Å²) in [6.45, 7) is 1.42. The first kappa shape index (κ1) is 17.4. The Morgan fingerprint density at radius 1 is 1.17 bits per heavy atom. The molecule has 0 radical (unpaired) electrons. The summed E-state index contributed by atoms with van der Waals surface area (Å²) < 4.78 is 5.65. The van der Waals surface area contributed by atoms with Crippen molar-refractivity contribution in [3.63, 3.8) is 0 Å². The van der Waals surface area contributed by atoms with Gasteiger partial charge in [0.15, 0.2) is 5.60 Å². The van der Waals surface area contributed by atoms with Crippen LogP contribution in [0.4, 0.5) is 0 Å². The molecule has 24 heavy (non-hydrogen) atoms. The van der Waals surface area contributed by atoms with E-state index in [4.69, 9.17) is 4.74 Å². The standard InChI is InChI=1S/C20H29NO3/c1-21-14-8-7-13-18(21)15-24-19(22)20(23,17-11-5-6-12-17)16-9-3-2-4-10-16/h2-4,9-10,17-18,23H,5-8,11-15H2,1H3. The molecule has 3 rings (SSSR count). The summed E-state index contributed by atoms with van der Waals surface area (Å²) in [4.78, 5) is 15.2. The molecule has 0 amide bonds. The topological polar surface area (TPSA) is 49.8 Å². The Kier molecular flexibility index (Phi) is 5.57. The van der Waals surface area contributed by atoms with E-state index in [0.29, 0.717) is 12.2 Å². The summed E-state index contributed by atoms with van der Waals surface area (Å²) in [7, 11) is 2.08. The van der Waals surface area contributed by atoms with Crippen LogP contribution in [0.1, 0.15) is 50.5 Å². The van der Waals surface area contributed by atoms with E-state index >= 15 is 0 Å². The molecule has 2 aliphatic rings. The second-order valence-electron chi connectivity index (χ2n) is 7.34. The van der Waals surface area contributed by atoms with Gasteiger partial charge in [-0.1, -0.05) is 49.6 Å². The molecule has 1 heterocycles. The van der Waals surface area contributed by atoms with Gasteiger partial charge in [0, 0.05) is 12.0 Å². The van der Waals surface area contributed by atoms with E-state index in [0.717, 1.165) is 38.6 Å².